The number of benzene rings is 3. The van der Waals surface area contributed by atoms with Crippen LogP contribution in [0.2, 0.25) is 0 Å². The first kappa shape index (κ1) is 24.3. The molecule has 1 aliphatic heterocycles. The maximum Gasteiger partial charge on any atom is 0.271 e. The summed E-state index contributed by atoms with van der Waals surface area (Å²) in [5, 5.41) is 4.00. The highest BCUT2D eigenvalue weighted by Crippen LogP contribution is 2.38. The number of nitrogens with zero attached hydrogens (tertiary/aromatic N) is 2. The minimum atomic E-state index is -0.323. The molecule has 1 atom stereocenters. The van der Waals surface area contributed by atoms with E-state index in [1.165, 1.54) is 11.8 Å². The van der Waals surface area contributed by atoms with E-state index in [2.05, 4.69) is 22.7 Å². The van der Waals surface area contributed by atoms with E-state index in [-0.39, 0.29) is 17.2 Å². The molecule has 0 aliphatic carbocycles. The van der Waals surface area contributed by atoms with Crippen LogP contribution in [0.3, 0.4) is 0 Å². The van der Waals surface area contributed by atoms with E-state index >= 15 is 0 Å². The van der Waals surface area contributed by atoms with Crippen molar-refractivity contribution in [1.82, 2.24) is 10.3 Å². The van der Waals surface area contributed by atoms with E-state index in [0.717, 1.165) is 12.0 Å². The van der Waals surface area contributed by atoms with Gasteiger partial charge in [-0.1, -0.05) is 42.5 Å². The van der Waals surface area contributed by atoms with Gasteiger partial charge in [-0.2, -0.15) is 5.10 Å². The Morgan fingerprint density at radius 2 is 1.86 bits per heavy atom. The van der Waals surface area contributed by atoms with Gasteiger partial charge in [-0.05, 0) is 41.8 Å². The summed E-state index contributed by atoms with van der Waals surface area (Å²) in [6.07, 6.45) is 2.33. The molecule has 1 heterocycles. The van der Waals surface area contributed by atoms with E-state index < -0.39 is 0 Å². The summed E-state index contributed by atoms with van der Waals surface area (Å²) >= 11 is 1.61. The summed E-state index contributed by atoms with van der Waals surface area (Å²) in [5.74, 6) is 1.54. The fourth-order valence-corrected chi connectivity index (χ4v) is 5.03. The molecule has 180 valence electrons. The molecule has 35 heavy (non-hydrogen) atoms. The van der Waals surface area contributed by atoms with E-state index in [4.69, 9.17) is 9.47 Å². The molecule has 0 saturated carbocycles. The first-order valence-corrected chi connectivity index (χ1v) is 12.2. The lowest BCUT2D eigenvalue weighted by Gasteiger charge is -2.24. The SMILES string of the molecule is COc1ccc(/C=N\NC(=O)c2ccc([C@@H]3SCC(=O)N3CCc3ccccc3)cc2)c(OC)c1. The Kier molecular flexibility index (Phi) is 8.05. The smallest absolute Gasteiger partial charge is 0.271 e. The second kappa shape index (κ2) is 11.6. The standard InChI is InChI=1S/C27H27N3O4S/c1-33-23-13-12-22(24(16-23)34-2)17-28-29-26(32)20-8-10-21(11-9-20)27-30(25(31)18-35-27)15-14-19-6-4-3-5-7-19/h3-13,16-17,27H,14-15,18H2,1-2H3,(H,29,32)/b28-17-/t27-/m0/s1. The fraction of sp³-hybridized carbons (Fsp3) is 0.222. The van der Waals surface area contributed by atoms with Gasteiger partial charge in [-0.25, -0.2) is 5.43 Å². The second-order valence-corrected chi connectivity index (χ2v) is 8.98. The Labute approximate surface area is 209 Å². The van der Waals surface area contributed by atoms with Crippen LogP contribution in [0.15, 0.2) is 77.9 Å². The van der Waals surface area contributed by atoms with E-state index in [9.17, 15) is 9.59 Å². The van der Waals surface area contributed by atoms with E-state index in [0.29, 0.717) is 34.9 Å². The van der Waals surface area contributed by atoms with Crippen LogP contribution in [0.4, 0.5) is 0 Å². The lowest BCUT2D eigenvalue weighted by atomic mass is 10.1. The average Bonchev–Trinajstić information content (AvgIpc) is 3.28. The number of rotatable bonds is 9. The molecule has 1 N–H and O–H groups in total. The monoisotopic (exact) mass is 489 g/mol. The van der Waals surface area contributed by atoms with Crippen molar-refractivity contribution in [3.8, 4) is 11.5 Å². The fourth-order valence-electron chi connectivity index (χ4n) is 3.82. The van der Waals surface area contributed by atoms with Crippen LogP contribution in [-0.2, 0) is 11.2 Å². The normalized spacial score (nSPS) is 15.4. The number of carbonyl (C=O) groups excluding carboxylic acids is 2. The van der Waals surface area contributed by atoms with Crippen LogP contribution in [-0.4, -0.2) is 49.4 Å². The molecule has 3 aromatic carbocycles. The molecule has 7 nitrogen and oxygen atoms in total. The maximum atomic E-state index is 12.6. The van der Waals surface area contributed by atoms with Crippen LogP contribution in [0.1, 0.15) is 32.4 Å². The van der Waals surface area contributed by atoms with Crippen molar-refractivity contribution in [2.45, 2.75) is 11.8 Å². The third-order valence-corrected chi connectivity index (χ3v) is 6.98. The minimum absolute atomic E-state index is 0.0520. The van der Waals surface area contributed by atoms with Crippen molar-refractivity contribution in [2.75, 3.05) is 26.5 Å². The number of ether oxygens (including phenoxy) is 2. The summed E-state index contributed by atoms with van der Waals surface area (Å²) in [6.45, 7) is 0.659. The molecular formula is C27H27N3O4S. The molecule has 0 unspecified atom stereocenters. The van der Waals surface area contributed by atoms with Crippen molar-refractivity contribution in [3.63, 3.8) is 0 Å². The highest BCUT2D eigenvalue weighted by Gasteiger charge is 2.32. The van der Waals surface area contributed by atoms with Gasteiger partial charge in [0.2, 0.25) is 5.91 Å². The van der Waals surface area contributed by atoms with Gasteiger partial charge >= 0.3 is 0 Å². The highest BCUT2D eigenvalue weighted by atomic mass is 32.2. The summed E-state index contributed by atoms with van der Waals surface area (Å²) in [6, 6.07) is 22.8. The van der Waals surface area contributed by atoms with Gasteiger partial charge in [-0.15, -0.1) is 11.8 Å². The lowest BCUT2D eigenvalue weighted by molar-refractivity contribution is -0.128. The van der Waals surface area contributed by atoms with E-state index in [1.54, 1.807) is 56.3 Å². The quantitative estimate of drug-likeness (QED) is 0.358. The van der Waals surface area contributed by atoms with Crippen LogP contribution >= 0.6 is 11.8 Å². The van der Waals surface area contributed by atoms with Crippen molar-refractivity contribution in [2.24, 2.45) is 5.10 Å². The molecule has 8 heteroatoms. The first-order chi connectivity index (χ1) is 17.1. The Hall–Kier alpha value is -3.78. The van der Waals surface area contributed by atoms with Gasteiger partial charge in [0.25, 0.3) is 5.91 Å². The topological polar surface area (TPSA) is 80.2 Å². The predicted molar refractivity (Wildman–Crippen MR) is 138 cm³/mol. The zero-order chi connectivity index (χ0) is 24.6. The van der Waals surface area contributed by atoms with Crippen molar-refractivity contribution < 1.29 is 19.1 Å². The van der Waals surface area contributed by atoms with Gasteiger partial charge in [0, 0.05) is 23.7 Å². The maximum absolute atomic E-state index is 12.6. The number of hydrogen-bond acceptors (Lipinski definition) is 6. The molecule has 2 amide bonds. The predicted octanol–water partition coefficient (Wildman–Crippen LogP) is 4.28. The Morgan fingerprint density at radius 3 is 2.57 bits per heavy atom. The Bertz CT molecular complexity index is 1200. The van der Waals surface area contributed by atoms with Crippen molar-refractivity contribution in [3.05, 3.63) is 95.1 Å². The van der Waals surface area contributed by atoms with E-state index in [1.807, 2.05) is 35.2 Å². The zero-order valence-corrected chi connectivity index (χ0v) is 20.5. The van der Waals surface area contributed by atoms with Gasteiger partial charge < -0.3 is 14.4 Å². The zero-order valence-electron chi connectivity index (χ0n) is 19.6. The third-order valence-electron chi connectivity index (χ3n) is 5.72. The molecule has 1 aliphatic rings. The lowest BCUT2D eigenvalue weighted by Crippen LogP contribution is -2.30. The van der Waals surface area contributed by atoms with Crippen molar-refractivity contribution >= 4 is 29.8 Å². The minimum Gasteiger partial charge on any atom is -0.497 e. The number of nitrogens with one attached hydrogen (secondary N) is 1. The number of methoxy groups -OCH3 is 2. The summed E-state index contributed by atoms with van der Waals surface area (Å²) in [5.41, 5.74) is 5.94. The number of carbonyl (C=O) groups is 2. The first-order valence-electron chi connectivity index (χ1n) is 11.2. The van der Waals surface area contributed by atoms with Gasteiger partial charge in [0.15, 0.2) is 0 Å². The largest absolute Gasteiger partial charge is 0.497 e. The molecule has 4 rings (SSSR count). The van der Waals surface area contributed by atoms with Crippen molar-refractivity contribution in [1.29, 1.82) is 0 Å². The molecular weight excluding hydrogens is 462 g/mol. The van der Waals surface area contributed by atoms with Gasteiger partial charge in [0.1, 0.15) is 16.9 Å². The van der Waals surface area contributed by atoms with Gasteiger partial charge in [-0.3, -0.25) is 9.59 Å². The average molecular weight is 490 g/mol. The molecule has 3 aromatic rings. The third kappa shape index (κ3) is 6.02. The van der Waals surface area contributed by atoms with Crippen LogP contribution in [0, 0.1) is 0 Å². The molecule has 1 fully saturated rings. The number of hydrazone groups is 1. The molecule has 0 radical (unpaired) electrons. The Balaban J connectivity index is 1.37. The number of thioether (sulfide) groups is 1. The number of amides is 2. The molecule has 0 aromatic heterocycles. The van der Waals surface area contributed by atoms with Crippen LogP contribution < -0.4 is 14.9 Å². The highest BCUT2D eigenvalue weighted by molar-refractivity contribution is 8.00. The van der Waals surface area contributed by atoms with Crippen LogP contribution in [0.25, 0.3) is 0 Å². The molecule has 1 saturated heterocycles. The molecule has 0 spiro atoms. The summed E-state index contributed by atoms with van der Waals surface area (Å²) < 4.78 is 10.5. The Morgan fingerprint density at radius 1 is 1.09 bits per heavy atom. The summed E-state index contributed by atoms with van der Waals surface area (Å²) in [7, 11) is 3.14. The second-order valence-electron chi connectivity index (χ2n) is 7.92. The molecule has 0 bridgehead atoms. The number of hydrogen-bond donors (Lipinski definition) is 1. The summed E-state index contributed by atoms with van der Waals surface area (Å²) in [4.78, 5) is 26.9. The van der Waals surface area contributed by atoms with Gasteiger partial charge in [0.05, 0.1) is 26.2 Å². The van der Waals surface area contributed by atoms with Crippen LogP contribution in [0.5, 0.6) is 11.5 Å².